The first-order chi connectivity index (χ1) is 16.5. The van der Waals surface area contributed by atoms with Crippen LogP contribution in [-0.4, -0.2) is 28.3 Å². The summed E-state index contributed by atoms with van der Waals surface area (Å²) < 4.78 is 2.08. The Morgan fingerprint density at radius 3 is 2.35 bits per heavy atom. The molecule has 2 amide bonds. The molecule has 0 fully saturated rings. The summed E-state index contributed by atoms with van der Waals surface area (Å²) in [6, 6.07) is 27.7. The normalized spacial score (nSPS) is 13.0. The van der Waals surface area contributed by atoms with Gasteiger partial charge < -0.3 is 4.57 Å². The zero-order valence-corrected chi connectivity index (χ0v) is 18.7. The van der Waals surface area contributed by atoms with Crippen molar-refractivity contribution in [2.45, 2.75) is 6.92 Å². The number of hydrogen-bond acceptors (Lipinski definition) is 3. The smallest absolute Gasteiger partial charge is 0.263 e. The van der Waals surface area contributed by atoms with E-state index in [0.717, 1.165) is 38.5 Å². The highest BCUT2D eigenvalue weighted by atomic mass is 16.2. The van der Waals surface area contributed by atoms with Crippen LogP contribution in [0, 0.1) is 18.3 Å². The molecule has 5 nitrogen and oxygen atoms in total. The minimum atomic E-state index is -0.291. The standard InChI is InChI=1S/C29H19N3O2/c1-17-14-18(16-30)10-12-20(17)19-11-13-22-21-6-3-4-8-24(21)32(26(22)15-19)25-9-5-7-23-27(25)29(34)31(2)28(23)33/h3-15H,1-2H3. The van der Waals surface area contributed by atoms with Crippen molar-refractivity contribution in [3.63, 3.8) is 0 Å². The van der Waals surface area contributed by atoms with Crippen LogP contribution in [0.4, 0.5) is 0 Å². The highest BCUT2D eigenvalue weighted by Gasteiger charge is 2.35. The van der Waals surface area contributed by atoms with Crippen molar-refractivity contribution in [2.24, 2.45) is 0 Å². The molecule has 162 valence electrons. The van der Waals surface area contributed by atoms with Crippen molar-refractivity contribution in [2.75, 3.05) is 7.05 Å². The zero-order valence-electron chi connectivity index (χ0n) is 18.7. The zero-order chi connectivity index (χ0) is 23.6. The largest absolute Gasteiger partial charge is 0.308 e. The first-order valence-corrected chi connectivity index (χ1v) is 11.0. The van der Waals surface area contributed by atoms with E-state index in [1.165, 1.54) is 11.9 Å². The number of carbonyl (C=O) groups excluding carboxylic acids is 2. The van der Waals surface area contributed by atoms with Crippen LogP contribution >= 0.6 is 0 Å². The third-order valence-electron chi connectivity index (χ3n) is 6.68. The lowest BCUT2D eigenvalue weighted by Crippen LogP contribution is -2.24. The molecule has 0 saturated heterocycles. The Hall–Kier alpha value is -4.69. The van der Waals surface area contributed by atoms with E-state index >= 15 is 0 Å². The minimum absolute atomic E-state index is 0.281. The molecule has 0 saturated carbocycles. The Kier molecular flexibility index (Phi) is 4.20. The van der Waals surface area contributed by atoms with Gasteiger partial charge in [-0.1, -0.05) is 42.5 Å². The predicted molar refractivity (Wildman–Crippen MR) is 132 cm³/mol. The number of aromatic nitrogens is 1. The van der Waals surface area contributed by atoms with Crippen LogP contribution in [0.1, 0.15) is 31.8 Å². The second kappa shape index (κ2) is 7.16. The van der Waals surface area contributed by atoms with Crippen molar-refractivity contribution in [3.8, 4) is 22.9 Å². The Bertz CT molecular complexity index is 1740. The molecule has 0 radical (unpaired) electrons. The summed E-state index contributed by atoms with van der Waals surface area (Å²) >= 11 is 0. The molecule has 1 aliphatic heterocycles. The third kappa shape index (κ3) is 2.66. The average Bonchev–Trinajstić information content (AvgIpc) is 3.30. The summed E-state index contributed by atoms with van der Waals surface area (Å²) in [6.07, 6.45) is 0. The maximum absolute atomic E-state index is 13.1. The van der Waals surface area contributed by atoms with Gasteiger partial charge in [0, 0.05) is 17.8 Å². The number of aryl methyl sites for hydroxylation is 1. The van der Waals surface area contributed by atoms with Crippen molar-refractivity contribution < 1.29 is 9.59 Å². The molecular weight excluding hydrogens is 422 g/mol. The fourth-order valence-corrected chi connectivity index (χ4v) is 5.02. The molecule has 4 aromatic carbocycles. The summed E-state index contributed by atoms with van der Waals surface area (Å²) in [4.78, 5) is 26.9. The van der Waals surface area contributed by atoms with Gasteiger partial charge in [-0.05, 0) is 60.0 Å². The van der Waals surface area contributed by atoms with Crippen LogP contribution in [-0.2, 0) is 0 Å². The quantitative estimate of drug-likeness (QED) is 0.323. The fraction of sp³-hybridized carbons (Fsp3) is 0.0690. The van der Waals surface area contributed by atoms with Gasteiger partial charge in [-0.2, -0.15) is 5.26 Å². The summed E-state index contributed by atoms with van der Waals surface area (Å²) in [5.41, 5.74) is 7.17. The number of rotatable bonds is 2. The third-order valence-corrected chi connectivity index (χ3v) is 6.68. The molecule has 6 rings (SSSR count). The number of nitriles is 1. The van der Waals surface area contributed by atoms with Crippen LogP contribution in [0.2, 0.25) is 0 Å². The van der Waals surface area contributed by atoms with E-state index in [9.17, 15) is 14.9 Å². The molecule has 0 N–H and O–H groups in total. The first-order valence-electron chi connectivity index (χ1n) is 11.0. The number of imide groups is 1. The number of nitrogens with zero attached hydrogens (tertiary/aromatic N) is 3. The van der Waals surface area contributed by atoms with E-state index in [2.05, 4.69) is 34.9 Å². The van der Waals surface area contributed by atoms with Crippen LogP contribution in [0.25, 0.3) is 38.6 Å². The molecule has 5 aromatic rings. The molecule has 0 aliphatic carbocycles. The molecule has 0 atom stereocenters. The molecule has 0 bridgehead atoms. The Labute approximate surface area is 196 Å². The first kappa shape index (κ1) is 20.0. The number of amides is 2. The van der Waals surface area contributed by atoms with Gasteiger partial charge in [0.25, 0.3) is 11.8 Å². The van der Waals surface area contributed by atoms with E-state index in [0.29, 0.717) is 22.4 Å². The van der Waals surface area contributed by atoms with E-state index < -0.39 is 0 Å². The molecule has 1 aromatic heterocycles. The lowest BCUT2D eigenvalue weighted by Gasteiger charge is -2.13. The molecule has 34 heavy (non-hydrogen) atoms. The summed E-state index contributed by atoms with van der Waals surface area (Å²) in [5, 5.41) is 11.4. The minimum Gasteiger partial charge on any atom is -0.308 e. The number of carbonyl (C=O) groups is 2. The molecule has 5 heteroatoms. The Balaban J connectivity index is 1.69. The van der Waals surface area contributed by atoms with Crippen molar-refractivity contribution >= 4 is 33.6 Å². The number of benzene rings is 4. The maximum Gasteiger partial charge on any atom is 0.263 e. The van der Waals surface area contributed by atoms with Gasteiger partial charge in [-0.15, -0.1) is 0 Å². The Morgan fingerprint density at radius 2 is 1.56 bits per heavy atom. The van der Waals surface area contributed by atoms with Gasteiger partial charge in [0.1, 0.15) is 0 Å². The number of fused-ring (bicyclic) bond motifs is 4. The topological polar surface area (TPSA) is 66.1 Å². The Morgan fingerprint density at radius 1 is 0.765 bits per heavy atom. The molecular formula is C29H19N3O2. The fourth-order valence-electron chi connectivity index (χ4n) is 5.02. The van der Waals surface area contributed by atoms with Gasteiger partial charge in [0.15, 0.2) is 0 Å². The predicted octanol–water partition coefficient (Wildman–Crippen LogP) is 5.86. The number of hydrogen-bond donors (Lipinski definition) is 0. The van der Waals surface area contributed by atoms with Crippen LogP contribution in [0.3, 0.4) is 0 Å². The van der Waals surface area contributed by atoms with Gasteiger partial charge >= 0.3 is 0 Å². The molecule has 0 spiro atoms. The van der Waals surface area contributed by atoms with Gasteiger partial charge in [0.2, 0.25) is 0 Å². The molecule has 2 heterocycles. The maximum atomic E-state index is 13.1. The van der Waals surface area contributed by atoms with Crippen LogP contribution in [0.15, 0.2) is 78.9 Å². The monoisotopic (exact) mass is 441 g/mol. The van der Waals surface area contributed by atoms with Crippen molar-refractivity contribution in [1.29, 1.82) is 5.26 Å². The van der Waals surface area contributed by atoms with Gasteiger partial charge in [-0.25, -0.2) is 0 Å². The summed E-state index contributed by atoms with van der Waals surface area (Å²) in [5.74, 6) is -0.572. The van der Waals surface area contributed by atoms with Gasteiger partial charge in [-0.3, -0.25) is 14.5 Å². The van der Waals surface area contributed by atoms with Crippen molar-refractivity contribution in [3.05, 3.63) is 101 Å². The summed E-state index contributed by atoms with van der Waals surface area (Å²) in [7, 11) is 1.52. The van der Waals surface area contributed by atoms with E-state index in [1.54, 1.807) is 6.07 Å². The second-order valence-corrected chi connectivity index (χ2v) is 8.60. The lowest BCUT2D eigenvalue weighted by molar-refractivity contribution is 0.0693. The average molecular weight is 441 g/mol. The molecule has 1 aliphatic rings. The SMILES string of the molecule is Cc1cc(C#N)ccc1-c1ccc2c3ccccc3n(-c3cccc4c3C(=O)N(C)C4=O)c2c1. The highest BCUT2D eigenvalue weighted by molar-refractivity contribution is 6.23. The van der Waals surface area contributed by atoms with Gasteiger partial charge in [0.05, 0.1) is 39.5 Å². The molecule has 0 unspecified atom stereocenters. The van der Waals surface area contributed by atoms with E-state index in [1.807, 2.05) is 55.5 Å². The number of para-hydroxylation sites is 1. The van der Waals surface area contributed by atoms with Crippen molar-refractivity contribution in [1.82, 2.24) is 9.47 Å². The second-order valence-electron chi connectivity index (χ2n) is 8.60. The van der Waals surface area contributed by atoms with Crippen LogP contribution < -0.4 is 0 Å². The highest BCUT2D eigenvalue weighted by Crippen LogP contribution is 2.38. The van der Waals surface area contributed by atoms with Crippen LogP contribution in [0.5, 0.6) is 0 Å². The van der Waals surface area contributed by atoms with E-state index in [4.69, 9.17) is 0 Å². The summed E-state index contributed by atoms with van der Waals surface area (Å²) in [6.45, 7) is 2.00. The lowest BCUT2D eigenvalue weighted by atomic mass is 9.97. The van der Waals surface area contributed by atoms with E-state index in [-0.39, 0.29) is 11.8 Å².